The predicted octanol–water partition coefficient (Wildman–Crippen LogP) is 5.91. The second-order valence-electron chi connectivity index (χ2n) is 4.81. The SMILES string of the molecule is CCC(Sc1nn(-c2ccccc2)c(=S)s1)c1ccccc1. The van der Waals surface area contributed by atoms with Crippen molar-refractivity contribution in [1.29, 1.82) is 0 Å². The van der Waals surface area contributed by atoms with Crippen LogP contribution in [0.2, 0.25) is 0 Å². The van der Waals surface area contributed by atoms with Crippen LogP contribution in [0, 0.1) is 3.95 Å². The van der Waals surface area contributed by atoms with Gasteiger partial charge >= 0.3 is 0 Å². The first-order valence-corrected chi connectivity index (χ1v) is 9.25. The Bertz CT molecular complexity index is 778. The number of hydrogen-bond donors (Lipinski definition) is 0. The van der Waals surface area contributed by atoms with E-state index in [1.54, 1.807) is 23.1 Å². The lowest BCUT2D eigenvalue weighted by atomic mass is 10.1. The molecule has 0 aliphatic rings. The van der Waals surface area contributed by atoms with Crippen molar-refractivity contribution in [3.05, 3.63) is 70.2 Å². The van der Waals surface area contributed by atoms with Gasteiger partial charge in [-0.25, -0.2) is 4.68 Å². The molecular formula is C17H16N2S3. The van der Waals surface area contributed by atoms with E-state index in [1.165, 1.54) is 5.56 Å². The van der Waals surface area contributed by atoms with Gasteiger partial charge in [-0.05, 0) is 36.3 Å². The van der Waals surface area contributed by atoms with Crippen molar-refractivity contribution in [2.24, 2.45) is 0 Å². The molecule has 112 valence electrons. The Morgan fingerprint density at radius 1 is 1.09 bits per heavy atom. The summed E-state index contributed by atoms with van der Waals surface area (Å²) in [5.41, 5.74) is 2.35. The number of rotatable bonds is 5. The van der Waals surface area contributed by atoms with Crippen LogP contribution in [0.3, 0.4) is 0 Å². The Morgan fingerprint density at radius 3 is 2.36 bits per heavy atom. The Balaban J connectivity index is 1.86. The number of thioether (sulfide) groups is 1. The fourth-order valence-corrected chi connectivity index (χ4v) is 4.87. The quantitative estimate of drug-likeness (QED) is 0.423. The molecule has 0 amide bonds. The summed E-state index contributed by atoms with van der Waals surface area (Å²) in [4.78, 5) is 0. The summed E-state index contributed by atoms with van der Waals surface area (Å²) < 4.78 is 3.65. The van der Waals surface area contributed by atoms with E-state index < -0.39 is 0 Å². The summed E-state index contributed by atoms with van der Waals surface area (Å²) >= 11 is 8.83. The minimum atomic E-state index is 0.408. The van der Waals surface area contributed by atoms with Crippen molar-refractivity contribution in [3.63, 3.8) is 0 Å². The van der Waals surface area contributed by atoms with E-state index in [0.717, 1.165) is 20.4 Å². The van der Waals surface area contributed by atoms with Crippen molar-refractivity contribution in [1.82, 2.24) is 9.78 Å². The highest BCUT2D eigenvalue weighted by atomic mass is 32.2. The zero-order valence-electron chi connectivity index (χ0n) is 12.2. The largest absolute Gasteiger partial charge is 0.211 e. The van der Waals surface area contributed by atoms with Crippen molar-refractivity contribution >= 4 is 35.3 Å². The fourth-order valence-electron chi connectivity index (χ4n) is 2.22. The Hall–Kier alpha value is -1.43. The molecule has 0 aliphatic heterocycles. The Labute approximate surface area is 143 Å². The smallest absolute Gasteiger partial charge is 0.184 e. The highest BCUT2D eigenvalue weighted by molar-refractivity contribution is 8.01. The highest BCUT2D eigenvalue weighted by Gasteiger charge is 2.14. The maximum Gasteiger partial charge on any atom is 0.184 e. The summed E-state index contributed by atoms with van der Waals surface area (Å²) in [6, 6.07) is 20.6. The molecule has 2 aromatic carbocycles. The van der Waals surface area contributed by atoms with Crippen molar-refractivity contribution in [2.45, 2.75) is 22.9 Å². The molecule has 0 radical (unpaired) electrons. The van der Waals surface area contributed by atoms with E-state index in [0.29, 0.717) is 5.25 Å². The summed E-state index contributed by atoms with van der Waals surface area (Å²) in [5, 5.41) is 5.10. The van der Waals surface area contributed by atoms with Crippen LogP contribution < -0.4 is 0 Å². The first-order chi connectivity index (χ1) is 10.8. The molecule has 3 rings (SSSR count). The molecule has 0 saturated carbocycles. The maximum atomic E-state index is 5.47. The molecule has 0 fully saturated rings. The third-order valence-corrected chi connectivity index (χ3v) is 6.05. The molecule has 0 aliphatic carbocycles. The van der Waals surface area contributed by atoms with E-state index in [4.69, 9.17) is 12.2 Å². The molecule has 1 unspecified atom stereocenters. The number of nitrogens with zero attached hydrogens (tertiary/aromatic N) is 2. The summed E-state index contributed by atoms with van der Waals surface area (Å²) in [7, 11) is 0. The average Bonchev–Trinajstić information content (AvgIpc) is 2.95. The van der Waals surface area contributed by atoms with Crippen molar-refractivity contribution in [3.8, 4) is 5.69 Å². The van der Waals surface area contributed by atoms with Gasteiger partial charge < -0.3 is 0 Å². The van der Waals surface area contributed by atoms with Crippen LogP contribution >= 0.6 is 35.3 Å². The second-order valence-corrected chi connectivity index (χ2v) is 7.88. The summed E-state index contributed by atoms with van der Waals surface area (Å²) in [6.07, 6.45) is 1.06. The van der Waals surface area contributed by atoms with Crippen LogP contribution in [-0.2, 0) is 0 Å². The average molecular weight is 345 g/mol. The zero-order valence-corrected chi connectivity index (χ0v) is 14.6. The first-order valence-electron chi connectivity index (χ1n) is 7.15. The highest BCUT2D eigenvalue weighted by Crippen LogP contribution is 2.38. The van der Waals surface area contributed by atoms with E-state index in [-0.39, 0.29) is 0 Å². The maximum absolute atomic E-state index is 5.47. The lowest BCUT2D eigenvalue weighted by molar-refractivity contribution is 0.822. The van der Waals surface area contributed by atoms with Gasteiger partial charge in [0.25, 0.3) is 0 Å². The topological polar surface area (TPSA) is 17.8 Å². The van der Waals surface area contributed by atoms with Crippen LogP contribution in [0.15, 0.2) is 65.0 Å². The third kappa shape index (κ3) is 3.48. The van der Waals surface area contributed by atoms with E-state index in [2.05, 4.69) is 42.4 Å². The lowest BCUT2D eigenvalue weighted by Gasteiger charge is -2.12. The van der Waals surface area contributed by atoms with Gasteiger partial charge in [-0.2, -0.15) is 0 Å². The Kier molecular flexibility index (Phi) is 5.08. The molecule has 2 nitrogen and oxygen atoms in total. The van der Waals surface area contributed by atoms with Gasteiger partial charge in [0.1, 0.15) is 0 Å². The van der Waals surface area contributed by atoms with Crippen LogP contribution in [0.1, 0.15) is 24.2 Å². The minimum Gasteiger partial charge on any atom is -0.211 e. The van der Waals surface area contributed by atoms with E-state index in [9.17, 15) is 0 Å². The third-order valence-electron chi connectivity index (χ3n) is 3.32. The molecule has 5 heteroatoms. The molecule has 1 atom stereocenters. The van der Waals surface area contributed by atoms with Gasteiger partial charge in [-0.15, -0.1) is 5.10 Å². The molecule has 0 N–H and O–H groups in total. The fraction of sp³-hybridized carbons (Fsp3) is 0.176. The molecule has 0 saturated heterocycles. The van der Waals surface area contributed by atoms with Gasteiger partial charge in [-0.3, -0.25) is 0 Å². The molecular weight excluding hydrogens is 328 g/mol. The van der Waals surface area contributed by atoms with Gasteiger partial charge in [0.15, 0.2) is 8.29 Å². The second kappa shape index (κ2) is 7.22. The van der Waals surface area contributed by atoms with Crippen LogP contribution in [0.5, 0.6) is 0 Å². The monoisotopic (exact) mass is 344 g/mol. The first kappa shape index (κ1) is 15.5. The van der Waals surface area contributed by atoms with E-state index in [1.807, 2.05) is 35.0 Å². The predicted molar refractivity (Wildman–Crippen MR) is 97.6 cm³/mol. The standard InChI is InChI=1S/C17H16N2S3/c1-2-15(13-9-5-3-6-10-13)21-16-18-19(17(20)22-16)14-11-7-4-8-12-14/h3-12,15H,2H2,1H3. The Morgan fingerprint density at radius 2 is 1.73 bits per heavy atom. The van der Waals surface area contributed by atoms with Crippen molar-refractivity contribution < 1.29 is 0 Å². The van der Waals surface area contributed by atoms with Gasteiger partial charge in [-0.1, -0.05) is 78.6 Å². The van der Waals surface area contributed by atoms with Gasteiger partial charge in [0, 0.05) is 5.25 Å². The number of hydrogen-bond acceptors (Lipinski definition) is 4. The number of benzene rings is 2. The molecule has 1 aromatic heterocycles. The lowest BCUT2D eigenvalue weighted by Crippen LogP contribution is -1.96. The molecule has 3 aromatic rings. The molecule has 22 heavy (non-hydrogen) atoms. The molecule has 0 spiro atoms. The minimum absolute atomic E-state index is 0.408. The number of para-hydroxylation sites is 1. The van der Waals surface area contributed by atoms with Gasteiger partial charge in [0.2, 0.25) is 0 Å². The summed E-state index contributed by atoms with van der Waals surface area (Å²) in [6.45, 7) is 2.21. The normalized spacial score (nSPS) is 12.2. The van der Waals surface area contributed by atoms with Crippen LogP contribution in [-0.4, -0.2) is 9.78 Å². The molecule has 1 heterocycles. The van der Waals surface area contributed by atoms with Gasteiger partial charge in [0.05, 0.1) is 5.69 Å². The van der Waals surface area contributed by atoms with Crippen LogP contribution in [0.25, 0.3) is 5.69 Å². The summed E-state index contributed by atoms with van der Waals surface area (Å²) in [5.74, 6) is 0. The zero-order chi connectivity index (χ0) is 15.4. The van der Waals surface area contributed by atoms with Crippen LogP contribution in [0.4, 0.5) is 0 Å². The molecule has 0 bridgehead atoms. The van der Waals surface area contributed by atoms with Crippen molar-refractivity contribution in [2.75, 3.05) is 0 Å². The van der Waals surface area contributed by atoms with E-state index >= 15 is 0 Å². The number of aromatic nitrogens is 2.